The van der Waals surface area contributed by atoms with Crippen molar-refractivity contribution in [3.8, 4) is 0 Å². The predicted molar refractivity (Wildman–Crippen MR) is 61.6 cm³/mol. The lowest BCUT2D eigenvalue weighted by Gasteiger charge is -2.26. The molecule has 0 aromatic carbocycles. The Morgan fingerprint density at radius 3 is 2.59 bits per heavy atom. The van der Waals surface area contributed by atoms with Crippen LogP contribution in [-0.4, -0.2) is 47.3 Å². The van der Waals surface area contributed by atoms with Gasteiger partial charge in [-0.3, -0.25) is 0 Å². The minimum atomic E-state index is -0.760. The average Bonchev–Trinajstić information content (AvgIpc) is 2.28. The highest BCUT2D eigenvalue weighted by Gasteiger charge is 2.16. The number of aromatic nitrogens is 3. The van der Waals surface area contributed by atoms with Crippen LogP contribution in [0.25, 0.3) is 0 Å². The van der Waals surface area contributed by atoms with Gasteiger partial charge in [-0.1, -0.05) is 0 Å². The van der Waals surface area contributed by atoms with Crippen LogP contribution < -0.4 is 10.2 Å². The van der Waals surface area contributed by atoms with Gasteiger partial charge in [0.05, 0.1) is 13.2 Å². The van der Waals surface area contributed by atoms with E-state index in [0.29, 0.717) is 32.3 Å². The van der Waals surface area contributed by atoms with Gasteiger partial charge in [0, 0.05) is 19.1 Å². The summed E-state index contributed by atoms with van der Waals surface area (Å²) >= 11 is 0. The van der Waals surface area contributed by atoms with Gasteiger partial charge in [0.2, 0.25) is 11.9 Å². The molecule has 0 saturated carbocycles. The van der Waals surface area contributed by atoms with Gasteiger partial charge in [-0.15, -0.1) is 0 Å². The van der Waals surface area contributed by atoms with E-state index in [0.717, 1.165) is 0 Å². The second-order valence-electron chi connectivity index (χ2n) is 4.13. The van der Waals surface area contributed by atoms with Gasteiger partial charge in [0.25, 0.3) is 0 Å². The summed E-state index contributed by atoms with van der Waals surface area (Å²) in [4.78, 5) is 13.4. The standard InChI is InChI=1S/C10H16FN5O/c1-7(2)12-9-13-8(11)14-10(15-9)16-3-5-17-6-4-16/h7H,3-6H2,1-2H3,(H,12,13,14,15). The summed E-state index contributed by atoms with van der Waals surface area (Å²) in [5.41, 5.74) is 0. The molecule has 0 spiro atoms. The van der Waals surface area contributed by atoms with Crippen LogP contribution >= 0.6 is 0 Å². The molecule has 1 N–H and O–H groups in total. The second kappa shape index (κ2) is 5.22. The number of morpholine rings is 1. The molecule has 17 heavy (non-hydrogen) atoms. The molecule has 6 nitrogen and oxygen atoms in total. The summed E-state index contributed by atoms with van der Waals surface area (Å²) in [6.07, 6.45) is -0.760. The molecule has 94 valence electrons. The maximum Gasteiger partial charge on any atom is 0.315 e. The first-order valence-corrected chi connectivity index (χ1v) is 5.66. The minimum absolute atomic E-state index is 0.148. The fourth-order valence-corrected chi connectivity index (χ4v) is 1.57. The molecule has 1 aliphatic rings. The number of hydrogen-bond donors (Lipinski definition) is 1. The van der Waals surface area contributed by atoms with Gasteiger partial charge < -0.3 is 15.0 Å². The smallest absolute Gasteiger partial charge is 0.315 e. The minimum Gasteiger partial charge on any atom is -0.378 e. The van der Waals surface area contributed by atoms with E-state index in [1.165, 1.54) is 0 Å². The monoisotopic (exact) mass is 241 g/mol. The summed E-state index contributed by atoms with van der Waals surface area (Å²) in [7, 11) is 0. The van der Waals surface area contributed by atoms with Crippen LogP contribution in [0.1, 0.15) is 13.8 Å². The van der Waals surface area contributed by atoms with Crippen molar-refractivity contribution >= 4 is 11.9 Å². The molecule has 2 rings (SSSR count). The normalized spacial score (nSPS) is 16.4. The third-order valence-corrected chi connectivity index (χ3v) is 2.31. The molecule has 0 radical (unpaired) electrons. The highest BCUT2D eigenvalue weighted by molar-refractivity contribution is 5.36. The number of rotatable bonds is 3. The molecular weight excluding hydrogens is 225 g/mol. The van der Waals surface area contributed by atoms with E-state index in [9.17, 15) is 4.39 Å². The fourth-order valence-electron chi connectivity index (χ4n) is 1.57. The van der Waals surface area contributed by atoms with Gasteiger partial charge in [-0.25, -0.2) is 0 Å². The van der Waals surface area contributed by atoms with Crippen LogP contribution in [0.2, 0.25) is 0 Å². The van der Waals surface area contributed by atoms with E-state index in [1.807, 2.05) is 18.7 Å². The Morgan fingerprint density at radius 2 is 1.94 bits per heavy atom. The highest BCUT2D eigenvalue weighted by Crippen LogP contribution is 2.12. The molecule has 0 atom stereocenters. The first-order chi connectivity index (χ1) is 8.15. The van der Waals surface area contributed by atoms with Gasteiger partial charge in [-0.05, 0) is 13.8 Å². The Kier molecular flexibility index (Phi) is 3.68. The van der Waals surface area contributed by atoms with Crippen LogP contribution in [0, 0.1) is 6.08 Å². The molecule has 1 aliphatic heterocycles. The highest BCUT2D eigenvalue weighted by atomic mass is 19.1. The third kappa shape index (κ3) is 3.23. The number of nitrogens with one attached hydrogen (secondary N) is 1. The Balaban J connectivity index is 2.18. The van der Waals surface area contributed by atoms with E-state index in [2.05, 4.69) is 20.3 Å². The van der Waals surface area contributed by atoms with Crippen LogP contribution in [0.15, 0.2) is 0 Å². The van der Waals surface area contributed by atoms with Crippen molar-refractivity contribution in [3.05, 3.63) is 6.08 Å². The molecule has 1 aromatic heterocycles. The zero-order chi connectivity index (χ0) is 12.3. The Labute approximate surface area is 99.2 Å². The average molecular weight is 241 g/mol. The summed E-state index contributed by atoms with van der Waals surface area (Å²) in [5, 5.41) is 2.96. The predicted octanol–water partition coefficient (Wildman–Crippen LogP) is 0.668. The SMILES string of the molecule is CC(C)Nc1nc(F)nc(N2CCOCC2)n1. The summed E-state index contributed by atoms with van der Waals surface area (Å²) in [5.74, 6) is 0.637. The molecule has 1 fully saturated rings. The number of halogens is 1. The van der Waals surface area contributed by atoms with Crippen LogP contribution in [0.5, 0.6) is 0 Å². The van der Waals surface area contributed by atoms with Crippen molar-refractivity contribution in [1.29, 1.82) is 0 Å². The molecule has 0 bridgehead atoms. The number of nitrogens with zero attached hydrogens (tertiary/aromatic N) is 4. The van der Waals surface area contributed by atoms with E-state index in [4.69, 9.17) is 4.74 Å². The van der Waals surface area contributed by atoms with Crippen LogP contribution in [-0.2, 0) is 4.74 Å². The van der Waals surface area contributed by atoms with Crippen LogP contribution in [0.4, 0.5) is 16.3 Å². The molecule has 2 heterocycles. The lowest BCUT2D eigenvalue weighted by molar-refractivity contribution is 0.122. The largest absolute Gasteiger partial charge is 0.378 e. The first-order valence-electron chi connectivity index (χ1n) is 5.66. The van der Waals surface area contributed by atoms with E-state index in [-0.39, 0.29) is 12.0 Å². The van der Waals surface area contributed by atoms with Crippen molar-refractivity contribution < 1.29 is 9.13 Å². The van der Waals surface area contributed by atoms with Gasteiger partial charge >= 0.3 is 6.08 Å². The van der Waals surface area contributed by atoms with Gasteiger partial charge in [0.15, 0.2) is 0 Å². The molecule has 0 amide bonds. The maximum atomic E-state index is 13.3. The third-order valence-electron chi connectivity index (χ3n) is 2.31. The van der Waals surface area contributed by atoms with Crippen molar-refractivity contribution in [2.24, 2.45) is 0 Å². The summed E-state index contributed by atoms with van der Waals surface area (Å²) in [6.45, 7) is 6.45. The lowest BCUT2D eigenvalue weighted by Crippen LogP contribution is -2.37. The van der Waals surface area contributed by atoms with Crippen molar-refractivity contribution in [3.63, 3.8) is 0 Å². The van der Waals surface area contributed by atoms with Gasteiger partial charge in [0.1, 0.15) is 0 Å². The number of anilines is 2. The van der Waals surface area contributed by atoms with Gasteiger partial charge in [-0.2, -0.15) is 19.3 Å². The molecule has 1 aromatic rings. The van der Waals surface area contributed by atoms with Crippen molar-refractivity contribution in [2.45, 2.75) is 19.9 Å². The first kappa shape index (κ1) is 12.0. The quantitative estimate of drug-likeness (QED) is 0.839. The van der Waals surface area contributed by atoms with Crippen LogP contribution in [0.3, 0.4) is 0 Å². The Bertz CT molecular complexity index is 381. The van der Waals surface area contributed by atoms with Crippen molar-refractivity contribution in [1.82, 2.24) is 15.0 Å². The topological polar surface area (TPSA) is 63.2 Å². The second-order valence-corrected chi connectivity index (χ2v) is 4.13. The molecular formula is C10H16FN5O. The lowest BCUT2D eigenvalue weighted by atomic mass is 10.4. The molecule has 1 saturated heterocycles. The Hall–Kier alpha value is -1.50. The zero-order valence-electron chi connectivity index (χ0n) is 9.98. The molecule has 0 unspecified atom stereocenters. The number of hydrogen-bond acceptors (Lipinski definition) is 6. The summed E-state index contributed by atoms with van der Waals surface area (Å²) < 4.78 is 18.5. The van der Waals surface area contributed by atoms with E-state index in [1.54, 1.807) is 0 Å². The maximum absolute atomic E-state index is 13.3. The Morgan fingerprint density at radius 1 is 1.24 bits per heavy atom. The number of ether oxygens (including phenoxy) is 1. The molecule has 0 aliphatic carbocycles. The fraction of sp³-hybridized carbons (Fsp3) is 0.700. The van der Waals surface area contributed by atoms with E-state index >= 15 is 0 Å². The van der Waals surface area contributed by atoms with E-state index < -0.39 is 6.08 Å². The zero-order valence-corrected chi connectivity index (χ0v) is 9.98. The summed E-state index contributed by atoms with van der Waals surface area (Å²) in [6, 6.07) is 0.148. The van der Waals surface area contributed by atoms with Crippen molar-refractivity contribution in [2.75, 3.05) is 36.5 Å². The molecule has 7 heteroatoms.